The summed E-state index contributed by atoms with van der Waals surface area (Å²) in [6.07, 6.45) is 4.72. The lowest BCUT2D eigenvalue weighted by Gasteiger charge is -2.06. The number of nitrogens with zero attached hydrogens (tertiary/aromatic N) is 2. The number of aryl methyl sites for hydroxylation is 1. The van der Waals surface area contributed by atoms with E-state index in [-0.39, 0.29) is 0 Å². The van der Waals surface area contributed by atoms with Crippen LogP contribution in [-0.4, -0.2) is 15.2 Å². The molecule has 0 aliphatic heterocycles. The van der Waals surface area contributed by atoms with Crippen LogP contribution in [0.5, 0.6) is 0 Å². The molecule has 0 aliphatic rings. The molecule has 0 amide bonds. The SMILES string of the molecule is CCc1ncc(CNc2cccc(-c3ccn[nH]3)c2)s1. The monoisotopic (exact) mass is 284 g/mol. The van der Waals surface area contributed by atoms with Gasteiger partial charge < -0.3 is 5.32 Å². The third-order valence-electron chi connectivity index (χ3n) is 3.04. The number of aromatic nitrogens is 3. The molecule has 0 bridgehead atoms. The minimum atomic E-state index is 0.810. The molecule has 0 unspecified atom stereocenters. The Morgan fingerprint density at radius 1 is 1.30 bits per heavy atom. The number of hydrogen-bond donors (Lipinski definition) is 2. The molecule has 3 aromatic rings. The largest absolute Gasteiger partial charge is 0.380 e. The summed E-state index contributed by atoms with van der Waals surface area (Å²) in [7, 11) is 0. The molecule has 2 N–H and O–H groups in total. The first-order valence-corrected chi connectivity index (χ1v) is 7.44. The first kappa shape index (κ1) is 12.9. The second-order valence-electron chi connectivity index (χ2n) is 4.48. The Labute approximate surface area is 121 Å². The fraction of sp³-hybridized carbons (Fsp3) is 0.200. The molecular formula is C15H16N4S. The van der Waals surface area contributed by atoms with Crippen LogP contribution in [0.2, 0.25) is 0 Å². The number of nitrogens with one attached hydrogen (secondary N) is 2. The summed E-state index contributed by atoms with van der Waals surface area (Å²) < 4.78 is 0. The molecule has 0 radical (unpaired) electrons. The highest BCUT2D eigenvalue weighted by molar-refractivity contribution is 7.11. The molecular weight excluding hydrogens is 268 g/mol. The second-order valence-corrected chi connectivity index (χ2v) is 5.68. The van der Waals surface area contributed by atoms with Crippen molar-refractivity contribution in [2.75, 3.05) is 5.32 Å². The topological polar surface area (TPSA) is 53.6 Å². The average Bonchev–Trinajstić information content (AvgIpc) is 3.17. The first-order valence-electron chi connectivity index (χ1n) is 6.62. The summed E-state index contributed by atoms with van der Waals surface area (Å²) in [5.74, 6) is 0. The standard InChI is InChI=1S/C15H16N4S/c1-2-15-17-10-13(20-15)9-16-12-5-3-4-11(8-12)14-6-7-18-19-14/h3-8,10,16H,2,9H2,1H3,(H,18,19). The van der Waals surface area contributed by atoms with E-state index >= 15 is 0 Å². The van der Waals surface area contributed by atoms with Crippen molar-refractivity contribution in [1.29, 1.82) is 0 Å². The summed E-state index contributed by atoms with van der Waals surface area (Å²) in [4.78, 5) is 5.63. The summed E-state index contributed by atoms with van der Waals surface area (Å²) in [6, 6.07) is 10.3. The van der Waals surface area contributed by atoms with Gasteiger partial charge in [-0.2, -0.15) is 5.10 Å². The molecule has 4 nitrogen and oxygen atoms in total. The third kappa shape index (κ3) is 2.88. The lowest BCUT2D eigenvalue weighted by Crippen LogP contribution is -1.97. The van der Waals surface area contributed by atoms with Gasteiger partial charge in [-0.05, 0) is 24.6 Å². The van der Waals surface area contributed by atoms with E-state index < -0.39 is 0 Å². The van der Waals surface area contributed by atoms with E-state index in [0.717, 1.165) is 29.9 Å². The van der Waals surface area contributed by atoms with Gasteiger partial charge in [-0.25, -0.2) is 4.98 Å². The van der Waals surface area contributed by atoms with E-state index in [0.29, 0.717) is 0 Å². The van der Waals surface area contributed by atoms with Crippen molar-refractivity contribution < 1.29 is 0 Å². The molecule has 2 aromatic heterocycles. The molecule has 1 aromatic carbocycles. The smallest absolute Gasteiger partial charge is 0.0925 e. The highest BCUT2D eigenvalue weighted by Gasteiger charge is 2.02. The van der Waals surface area contributed by atoms with Crippen LogP contribution in [-0.2, 0) is 13.0 Å². The van der Waals surface area contributed by atoms with Gasteiger partial charge in [0.05, 0.1) is 17.2 Å². The predicted molar refractivity (Wildman–Crippen MR) is 82.8 cm³/mol. The Morgan fingerprint density at radius 2 is 2.25 bits per heavy atom. The summed E-state index contributed by atoms with van der Waals surface area (Å²) in [5, 5.41) is 11.6. The van der Waals surface area contributed by atoms with Crippen molar-refractivity contribution in [3.05, 3.63) is 52.6 Å². The fourth-order valence-corrected chi connectivity index (χ4v) is 2.80. The lowest BCUT2D eigenvalue weighted by atomic mass is 10.1. The minimum Gasteiger partial charge on any atom is -0.380 e. The zero-order chi connectivity index (χ0) is 13.8. The number of benzene rings is 1. The van der Waals surface area contributed by atoms with Crippen molar-refractivity contribution >= 4 is 17.0 Å². The number of anilines is 1. The predicted octanol–water partition coefficient (Wildman–Crippen LogP) is 3.71. The fourth-order valence-electron chi connectivity index (χ4n) is 2.00. The molecule has 102 valence electrons. The van der Waals surface area contributed by atoms with Gasteiger partial charge in [-0.15, -0.1) is 11.3 Å². The molecule has 5 heteroatoms. The van der Waals surface area contributed by atoms with Crippen molar-refractivity contribution in [3.8, 4) is 11.3 Å². The molecule has 20 heavy (non-hydrogen) atoms. The quantitative estimate of drug-likeness (QED) is 0.751. The van der Waals surface area contributed by atoms with E-state index in [1.807, 2.05) is 18.3 Å². The maximum Gasteiger partial charge on any atom is 0.0925 e. The minimum absolute atomic E-state index is 0.810. The number of thiazole rings is 1. The van der Waals surface area contributed by atoms with Gasteiger partial charge in [0, 0.05) is 28.5 Å². The summed E-state index contributed by atoms with van der Waals surface area (Å²) >= 11 is 1.76. The highest BCUT2D eigenvalue weighted by Crippen LogP contribution is 2.21. The second kappa shape index (κ2) is 5.88. The lowest BCUT2D eigenvalue weighted by molar-refractivity contribution is 1.09. The van der Waals surface area contributed by atoms with Crippen LogP contribution >= 0.6 is 11.3 Å². The maximum atomic E-state index is 4.37. The van der Waals surface area contributed by atoms with E-state index in [4.69, 9.17) is 0 Å². The van der Waals surface area contributed by atoms with E-state index in [1.54, 1.807) is 17.5 Å². The summed E-state index contributed by atoms with van der Waals surface area (Å²) in [5.41, 5.74) is 3.26. The molecule has 0 saturated heterocycles. The van der Waals surface area contributed by atoms with Crippen molar-refractivity contribution in [2.45, 2.75) is 19.9 Å². The molecule has 0 spiro atoms. The van der Waals surface area contributed by atoms with Crippen LogP contribution in [0.25, 0.3) is 11.3 Å². The Morgan fingerprint density at radius 3 is 3.00 bits per heavy atom. The van der Waals surface area contributed by atoms with Crippen LogP contribution in [0.15, 0.2) is 42.7 Å². The van der Waals surface area contributed by atoms with Gasteiger partial charge in [-0.3, -0.25) is 5.10 Å². The number of rotatable bonds is 5. The average molecular weight is 284 g/mol. The van der Waals surface area contributed by atoms with E-state index in [9.17, 15) is 0 Å². The zero-order valence-corrected chi connectivity index (χ0v) is 12.1. The van der Waals surface area contributed by atoms with Crippen LogP contribution in [0.1, 0.15) is 16.8 Å². The Kier molecular flexibility index (Phi) is 3.78. The van der Waals surface area contributed by atoms with Gasteiger partial charge in [0.1, 0.15) is 0 Å². The van der Waals surface area contributed by atoms with Crippen LogP contribution in [0.3, 0.4) is 0 Å². The van der Waals surface area contributed by atoms with Gasteiger partial charge in [-0.1, -0.05) is 19.1 Å². The third-order valence-corrected chi connectivity index (χ3v) is 4.19. The van der Waals surface area contributed by atoms with Crippen molar-refractivity contribution in [2.24, 2.45) is 0 Å². The molecule has 0 saturated carbocycles. The van der Waals surface area contributed by atoms with Crippen molar-refractivity contribution in [1.82, 2.24) is 15.2 Å². The molecule has 0 aliphatic carbocycles. The van der Waals surface area contributed by atoms with Crippen LogP contribution < -0.4 is 5.32 Å². The zero-order valence-electron chi connectivity index (χ0n) is 11.3. The Hall–Kier alpha value is -2.14. The normalized spacial score (nSPS) is 10.7. The number of hydrogen-bond acceptors (Lipinski definition) is 4. The molecule has 0 fully saturated rings. The number of H-pyrrole nitrogens is 1. The molecule has 2 heterocycles. The van der Waals surface area contributed by atoms with Gasteiger partial charge in [0.25, 0.3) is 0 Å². The van der Waals surface area contributed by atoms with E-state index in [2.05, 4.69) is 45.6 Å². The van der Waals surface area contributed by atoms with Gasteiger partial charge in [0.15, 0.2) is 0 Å². The van der Waals surface area contributed by atoms with Gasteiger partial charge >= 0.3 is 0 Å². The van der Waals surface area contributed by atoms with E-state index in [1.165, 1.54) is 9.88 Å². The Balaban J connectivity index is 1.70. The first-order chi connectivity index (χ1) is 9.85. The van der Waals surface area contributed by atoms with Gasteiger partial charge in [0.2, 0.25) is 0 Å². The Bertz CT molecular complexity index is 673. The van der Waals surface area contributed by atoms with Crippen molar-refractivity contribution in [3.63, 3.8) is 0 Å². The van der Waals surface area contributed by atoms with Crippen LogP contribution in [0.4, 0.5) is 5.69 Å². The van der Waals surface area contributed by atoms with Crippen LogP contribution in [0, 0.1) is 0 Å². The highest BCUT2D eigenvalue weighted by atomic mass is 32.1. The number of aromatic amines is 1. The maximum absolute atomic E-state index is 4.37. The molecule has 0 atom stereocenters. The summed E-state index contributed by atoms with van der Waals surface area (Å²) in [6.45, 7) is 2.94. The molecule has 3 rings (SSSR count).